The fourth-order valence-electron chi connectivity index (χ4n) is 3.59. The maximum atomic E-state index is 12.6. The summed E-state index contributed by atoms with van der Waals surface area (Å²) >= 11 is 0. The van der Waals surface area contributed by atoms with E-state index in [0.717, 1.165) is 13.1 Å². The molecule has 3 rings (SSSR count). The molecule has 2 aliphatic rings. The Labute approximate surface area is 156 Å². The third-order valence-corrected chi connectivity index (χ3v) is 4.99. The number of nitro benzene ring substituents is 1. The van der Waals surface area contributed by atoms with Crippen LogP contribution in [-0.2, 0) is 14.3 Å². The number of aliphatic hydroxyl groups is 1. The Bertz CT molecular complexity index is 800. The number of Topliss-reactive ketones (excluding diaryl/α,β-unsaturated/α-hetero) is 1. The molecule has 0 unspecified atom stereocenters. The maximum Gasteiger partial charge on any atom is 0.290 e. The highest BCUT2D eigenvalue weighted by Crippen LogP contribution is 2.38. The molecule has 2 heterocycles. The van der Waals surface area contributed by atoms with Crippen molar-refractivity contribution in [2.45, 2.75) is 13.0 Å². The van der Waals surface area contributed by atoms with Crippen LogP contribution >= 0.6 is 0 Å². The molecule has 2 N–H and O–H groups in total. The number of nitro groups is 1. The van der Waals surface area contributed by atoms with Gasteiger partial charge in [0, 0.05) is 12.1 Å². The molecule has 144 valence electrons. The van der Waals surface area contributed by atoms with Crippen molar-refractivity contribution in [3.8, 4) is 0 Å². The second-order valence-electron chi connectivity index (χ2n) is 6.68. The topological polar surface area (TPSA) is 114 Å². The molecule has 0 aliphatic carbocycles. The maximum absolute atomic E-state index is 12.6. The van der Waals surface area contributed by atoms with Gasteiger partial charge in [-0.3, -0.25) is 19.7 Å². The fraction of sp³-hybridized carbons (Fsp3) is 0.444. The van der Waals surface area contributed by atoms with Crippen molar-refractivity contribution >= 4 is 17.4 Å². The Kier molecular flexibility index (Phi) is 5.52. The van der Waals surface area contributed by atoms with Crippen molar-refractivity contribution in [2.75, 3.05) is 39.4 Å². The van der Waals surface area contributed by atoms with E-state index in [2.05, 4.69) is 0 Å². The summed E-state index contributed by atoms with van der Waals surface area (Å²) in [6, 6.07) is 5.00. The molecule has 9 heteroatoms. The van der Waals surface area contributed by atoms with Crippen LogP contribution < -0.4 is 4.90 Å². The molecule has 1 atom stereocenters. The molecule has 1 aromatic carbocycles. The van der Waals surface area contributed by atoms with Crippen molar-refractivity contribution in [2.24, 2.45) is 0 Å². The Balaban J connectivity index is 1.91. The number of rotatable bonds is 6. The SMILES string of the molecule is CC(=O)C1=C(O)C(=O)N(CC[NH+]2CCOCC2)[C@@H]1c1cccc([N+](=O)[O-])c1. The van der Waals surface area contributed by atoms with Crippen LogP contribution in [0.25, 0.3) is 0 Å². The summed E-state index contributed by atoms with van der Waals surface area (Å²) < 4.78 is 5.33. The first-order chi connectivity index (χ1) is 12.9. The van der Waals surface area contributed by atoms with Crippen LogP contribution in [0.4, 0.5) is 5.69 Å². The summed E-state index contributed by atoms with van der Waals surface area (Å²) in [5.41, 5.74) is 0.286. The average Bonchev–Trinajstić information content (AvgIpc) is 2.92. The van der Waals surface area contributed by atoms with Gasteiger partial charge in [0.15, 0.2) is 11.5 Å². The Morgan fingerprint density at radius 2 is 2.11 bits per heavy atom. The van der Waals surface area contributed by atoms with E-state index < -0.39 is 28.4 Å². The highest BCUT2D eigenvalue weighted by Gasteiger charge is 2.43. The molecule has 1 aromatic rings. The average molecular weight is 376 g/mol. The second kappa shape index (κ2) is 7.85. The summed E-state index contributed by atoms with van der Waals surface area (Å²) in [5, 5.41) is 21.4. The van der Waals surface area contributed by atoms with Crippen LogP contribution in [0.5, 0.6) is 0 Å². The van der Waals surface area contributed by atoms with Gasteiger partial charge in [0.05, 0.1) is 42.8 Å². The van der Waals surface area contributed by atoms with Crippen LogP contribution in [0.3, 0.4) is 0 Å². The first-order valence-electron chi connectivity index (χ1n) is 8.81. The number of quaternary nitrogens is 1. The second-order valence-corrected chi connectivity index (χ2v) is 6.68. The van der Waals surface area contributed by atoms with E-state index in [1.54, 1.807) is 6.07 Å². The molecule has 2 aliphatic heterocycles. The van der Waals surface area contributed by atoms with E-state index in [1.165, 1.54) is 34.9 Å². The lowest BCUT2D eigenvalue weighted by molar-refractivity contribution is -0.907. The summed E-state index contributed by atoms with van der Waals surface area (Å²) in [4.78, 5) is 38.0. The lowest BCUT2D eigenvalue weighted by Gasteiger charge is -2.29. The van der Waals surface area contributed by atoms with Gasteiger partial charge in [-0.2, -0.15) is 0 Å². The highest BCUT2D eigenvalue weighted by atomic mass is 16.6. The van der Waals surface area contributed by atoms with Crippen molar-refractivity contribution in [3.63, 3.8) is 0 Å². The minimum Gasteiger partial charge on any atom is -0.503 e. The molecular weight excluding hydrogens is 354 g/mol. The lowest BCUT2D eigenvalue weighted by Crippen LogP contribution is -3.14. The van der Waals surface area contributed by atoms with Crippen LogP contribution in [0, 0.1) is 10.1 Å². The molecule has 1 fully saturated rings. The number of ketones is 1. The molecule has 1 saturated heterocycles. The van der Waals surface area contributed by atoms with Gasteiger partial charge in [0.25, 0.3) is 11.6 Å². The van der Waals surface area contributed by atoms with Gasteiger partial charge in [-0.15, -0.1) is 0 Å². The molecule has 0 saturated carbocycles. The lowest BCUT2D eigenvalue weighted by atomic mass is 9.96. The molecular formula is C18H22N3O6+. The monoisotopic (exact) mass is 376 g/mol. The number of nitrogens with zero attached hydrogens (tertiary/aromatic N) is 2. The van der Waals surface area contributed by atoms with Crippen LogP contribution in [-0.4, -0.2) is 66.0 Å². The Hall–Kier alpha value is -2.78. The minimum atomic E-state index is -0.824. The smallest absolute Gasteiger partial charge is 0.290 e. The minimum absolute atomic E-state index is 0.0162. The van der Waals surface area contributed by atoms with Gasteiger partial charge in [-0.1, -0.05) is 12.1 Å². The van der Waals surface area contributed by atoms with Gasteiger partial charge >= 0.3 is 0 Å². The first-order valence-corrected chi connectivity index (χ1v) is 8.81. The van der Waals surface area contributed by atoms with Crippen molar-refractivity contribution in [1.29, 1.82) is 0 Å². The highest BCUT2D eigenvalue weighted by molar-refractivity contribution is 6.08. The Morgan fingerprint density at radius 1 is 1.41 bits per heavy atom. The van der Waals surface area contributed by atoms with E-state index in [9.17, 15) is 24.8 Å². The van der Waals surface area contributed by atoms with Crippen LogP contribution in [0.15, 0.2) is 35.6 Å². The van der Waals surface area contributed by atoms with Crippen LogP contribution in [0.1, 0.15) is 18.5 Å². The normalized spacial score (nSPS) is 21.0. The predicted molar refractivity (Wildman–Crippen MR) is 94.3 cm³/mol. The molecule has 0 aromatic heterocycles. The standard InChI is InChI=1S/C18H21N3O6/c1-12(22)15-16(13-3-2-4-14(11-13)21(25)26)20(18(24)17(15)23)6-5-19-7-9-27-10-8-19/h2-4,11,16,23H,5-10H2,1H3/p+1/t16-/m1/s1. The summed E-state index contributed by atoms with van der Waals surface area (Å²) in [6.45, 7) is 5.19. The van der Waals surface area contributed by atoms with E-state index >= 15 is 0 Å². The molecule has 1 amide bonds. The van der Waals surface area contributed by atoms with E-state index in [-0.39, 0.29) is 11.3 Å². The van der Waals surface area contributed by atoms with E-state index in [0.29, 0.717) is 31.9 Å². The first kappa shape index (κ1) is 19.0. The van der Waals surface area contributed by atoms with Crippen LogP contribution in [0.2, 0.25) is 0 Å². The number of aliphatic hydroxyl groups excluding tert-OH is 1. The molecule has 0 spiro atoms. The number of benzene rings is 1. The van der Waals surface area contributed by atoms with Gasteiger partial charge in [0.2, 0.25) is 0 Å². The number of nitrogens with one attached hydrogen (secondary N) is 1. The van der Waals surface area contributed by atoms with Crippen molar-refractivity contribution < 1.29 is 29.3 Å². The molecule has 27 heavy (non-hydrogen) atoms. The van der Waals surface area contributed by atoms with Crippen molar-refractivity contribution in [3.05, 3.63) is 51.3 Å². The third-order valence-electron chi connectivity index (χ3n) is 4.99. The number of morpholine rings is 1. The van der Waals surface area contributed by atoms with Gasteiger partial charge in [0.1, 0.15) is 13.1 Å². The van der Waals surface area contributed by atoms with Gasteiger partial charge in [-0.05, 0) is 12.5 Å². The quantitative estimate of drug-likeness (QED) is 0.525. The number of amides is 1. The fourth-order valence-corrected chi connectivity index (χ4v) is 3.59. The number of non-ortho nitro benzene ring substituents is 1. The summed E-state index contributed by atoms with van der Waals surface area (Å²) in [6.07, 6.45) is 0. The number of carbonyl (C=O) groups excluding carboxylic acids is 2. The number of ether oxygens (including phenoxy) is 1. The zero-order chi connectivity index (χ0) is 19.6. The largest absolute Gasteiger partial charge is 0.503 e. The number of hydrogen-bond donors (Lipinski definition) is 2. The summed E-state index contributed by atoms with van der Waals surface area (Å²) in [7, 11) is 0. The van der Waals surface area contributed by atoms with Gasteiger partial charge < -0.3 is 19.6 Å². The zero-order valence-corrected chi connectivity index (χ0v) is 15.0. The molecule has 0 radical (unpaired) electrons. The molecule has 9 nitrogen and oxygen atoms in total. The van der Waals surface area contributed by atoms with Crippen molar-refractivity contribution in [1.82, 2.24) is 4.90 Å². The van der Waals surface area contributed by atoms with Gasteiger partial charge in [-0.25, -0.2) is 0 Å². The predicted octanol–water partition coefficient (Wildman–Crippen LogP) is -0.206. The van der Waals surface area contributed by atoms with E-state index in [1.807, 2.05) is 0 Å². The molecule has 0 bridgehead atoms. The van der Waals surface area contributed by atoms with E-state index in [4.69, 9.17) is 4.74 Å². The Morgan fingerprint density at radius 3 is 2.74 bits per heavy atom. The number of hydrogen-bond acceptors (Lipinski definition) is 6. The third kappa shape index (κ3) is 3.83. The summed E-state index contributed by atoms with van der Waals surface area (Å²) in [5.74, 6) is -1.63. The number of carbonyl (C=O) groups is 2. The zero-order valence-electron chi connectivity index (χ0n) is 15.0.